The molecule has 32 heavy (non-hydrogen) atoms. The maximum atomic E-state index is 12.6. The average Bonchev–Trinajstić information content (AvgIpc) is 2.71. The van der Waals surface area contributed by atoms with Gasteiger partial charge in [-0.25, -0.2) is 4.79 Å². The number of carbonyl (C=O) groups excluding carboxylic acids is 3. The zero-order chi connectivity index (χ0) is 24.8. The van der Waals surface area contributed by atoms with Crippen molar-refractivity contribution in [1.82, 2.24) is 16.0 Å². The Bertz CT molecular complexity index is 719. The summed E-state index contributed by atoms with van der Waals surface area (Å²) >= 11 is 7.90. The van der Waals surface area contributed by atoms with Gasteiger partial charge < -0.3 is 43.4 Å². The summed E-state index contributed by atoms with van der Waals surface area (Å²) < 4.78 is 0. The van der Waals surface area contributed by atoms with Gasteiger partial charge in [-0.2, -0.15) is 25.3 Å². The Hall–Kier alpha value is -2.72. The monoisotopic (exact) mass is 495 g/mol. The first kappa shape index (κ1) is 29.3. The summed E-state index contributed by atoms with van der Waals surface area (Å²) in [5.74, 6) is -5.66. The molecule has 16 heteroatoms. The van der Waals surface area contributed by atoms with E-state index in [-0.39, 0.29) is 36.9 Å². The number of aliphatic carboxylic acids is 2. The van der Waals surface area contributed by atoms with Crippen molar-refractivity contribution in [3.63, 3.8) is 0 Å². The lowest BCUT2D eigenvalue weighted by atomic mass is 10.1. The second-order valence-corrected chi connectivity index (χ2v) is 7.27. The molecule has 0 rings (SSSR count). The number of hydrogen-bond donors (Lipinski definition) is 10. The quantitative estimate of drug-likeness (QED) is 0.0459. The third kappa shape index (κ3) is 11.6. The average molecular weight is 496 g/mol. The smallest absolute Gasteiger partial charge is 0.326 e. The molecule has 0 aromatic carbocycles. The van der Waals surface area contributed by atoms with E-state index >= 15 is 0 Å². The van der Waals surface area contributed by atoms with Crippen molar-refractivity contribution in [2.45, 2.75) is 43.4 Å². The van der Waals surface area contributed by atoms with Gasteiger partial charge >= 0.3 is 11.9 Å². The molecule has 0 bridgehead atoms. The Morgan fingerprint density at radius 2 is 1.38 bits per heavy atom. The normalized spacial score (nSPS) is 14.2. The summed E-state index contributed by atoms with van der Waals surface area (Å²) in [7, 11) is 0. The molecule has 0 fully saturated rings. The molecule has 11 N–H and O–H groups in total. The van der Waals surface area contributed by atoms with Crippen LogP contribution in [0.1, 0.15) is 19.3 Å². The molecule has 0 heterocycles. The summed E-state index contributed by atoms with van der Waals surface area (Å²) in [5, 5.41) is 24.8. The van der Waals surface area contributed by atoms with Crippen molar-refractivity contribution in [1.29, 1.82) is 0 Å². The van der Waals surface area contributed by atoms with E-state index in [0.29, 0.717) is 0 Å². The minimum atomic E-state index is -1.72. The molecule has 0 aromatic rings. The molecule has 0 aliphatic carbocycles. The Labute approximate surface area is 194 Å². The molecule has 3 amide bonds. The van der Waals surface area contributed by atoms with Crippen LogP contribution in [0, 0.1) is 0 Å². The van der Waals surface area contributed by atoms with Crippen LogP contribution in [0.2, 0.25) is 0 Å². The van der Waals surface area contributed by atoms with E-state index in [4.69, 9.17) is 27.4 Å². The van der Waals surface area contributed by atoms with Crippen molar-refractivity contribution < 1.29 is 34.2 Å². The summed E-state index contributed by atoms with van der Waals surface area (Å²) in [6, 6.07) is -5.12. The number of rotatable bonds is 15. The fourth-order valence-electron chi connectivity index (χ4n) is 2.25. The molecule has 0 saturated heterocycles. The second kappa shape index (κ2) is 15.1. The van der Waals surface area contributed by atoms with Crippen LogP contribution in [0.5, 0.6) is 0 Å². The SMILES string of the molecule is NC(N)=NCCCC(NC(=O)C(CS)NC(=O)C(N)CS)C(=O)NC(CC(=O)O)C(=O)O. The molecule has 0 saturated carbocycles. The zero-order valence-corrected chi connectivity index (χ0v) is 18.9. The van der Waals surface area contributed by atoms with Gasteiger partial charge in [-0.15, -0.1) is 0 Å². The van der Waals surface area contributed by atoms with Crippen molar-refractivity contribution >= 4 is 60.9 Å². The van der Waals surface area contributed by atoms with E-state index in [1.165, 1.54) is 0 Å². The number of carboxylic acids is 2. The van der Waals surface area contributed by atoms with E-state index in [0.717, 1.165) is 0 Å². The van der Waals surface area contributed by atoms with Gasteiger partial charge in [-0.1, -0.05) is 0 Å². The topological polar surface area (TPSA) is 252 Å². The zero-order valence-electron chi connectivity index (χ0n) is 17.1. The van der Waals surface area contributed by atoms with E-state index in [1.54, 1.807) is 0 Å². The van der Waals surface area contributed by atoms with Crippen molar-refractivity contribution in [2.24, 2.45) is 22.2 Å². The van der Waals surface area contributed by atoms with Gasteiger partial charge in [0.05, 0.1) is 12.5 Å². The Kier molecular flexibility index (Phi) is 13.9. The molecule has 14 nitrogen and oxygen atoms in total. The van der Waals surface area contributed by atoms with Crippen LogP contribution in [0.4, 0.5) is 0 Å². The van der Waals surface area contributed by atoms with Crippen LogP contribution in [-0.4, -0.2) is 88.1 Å². The maximum Gasteiger partial charge on any atom is 0.326 e. The summed E-state index contributed by atoms with van der Waals surface area (Å²) in [4.78, 5) is 62.9. The minimum Gasteiger partial charge on any atom is -0.481 e. The van der Waals surface area contributed by atoms with Crippen molar-refractivity contribution in [2.75, 3.05) is 18.1 Å². The molecule has 0 aliphatic heterocycles. The number of aliphatic imine (C=N–C) groups is 1. The van der Waals surface area contributed by atoms with Gasteiger partial charge in [-0.05, 0) is 12.8 Å². The predicted molar refractivity (Wildman–Crippen MR) is 121 cm³/mol. The highest BCUT2D eigenvalue weighted by atomic mass is 32.1. The fourth-order valence-corrected chi connectivity index (χ4v) is 2.67. The van der Waals surface area contributed by atoms with E-state index in [9.17, 15) is 24.0 Å². The molecule has 0 radical (unpaired) electrons. The van der Waals surface area contributed by atoms with Crippen LogP contribution in [0.15, 0.2) is 4.99 Å². The Balaban J connectivity index is 5.39. The van der Waals surface area contributed by atoms with Gasteiger partial charge in [0.2, 0.25) is 17.7 Å². The lowest BCUT2D eigenvalue weighted by Crippen LogP contribution is -2.58. The largest absolute Gasteiger partial charge is 0.481 e. The van der Waals surface area contributed by atoms with Crippen LogP contribution < -0.4 is 33.2 Å². The fraction of sp³-hybridized carbons (Fsp3) is 0.625. The van der Waals surface area contributed by atoms with E-state index in [2.05, 4.69) is 46.2 Å². The first-order valence-corrected chi connectivity index (χ1v) is 10.6. The number of hydrogen-bond acceptors (Lipinski definition) is 9. The lowest BCUT2D eigenvalue weighted by Gasteiger charge is -2.24. The minimum absolute atomic E-state index is 0.0167. The second-order valence-electron chi connectivity index (χ2n) is 6.54. The molecule has 0 spiro atoms. The molecule has 0 aliphatic rings. The van der Waals surface area contributed by atoms with Gasteiger partial charge in [-0.3, -0.25) is 24.2 Å². The number of amides is 3. The number of nitrogens with zero attached hydrogens (tertiary/aromatic N) is 1. The van der Waals surface area contributed by atoms with Gasteiger partial charge in [0, 0.05) is 18.1 Å². The van der Waals surface area contributed by atoms with Crippen LogP contribution in [0.25, 0.3) is 0 Å². The third-order valence-corrected chi connectivity index (χ3v) is 4.68. The molecule has 4 atom stereocenters. The summed E-state index contributed by atoms with van der Waals surface area (Å²) in [5.41, 5.74) is 16.0. The number of guanidine groups is 1. The van der Waals surface area contributed by atoms with Gasteiger partial charge in [0.25, 0.3) is 0 Å². The first-order chi connectivity index (χ1) is 14.9. The highest BCUT2D eigenvalue weighted by Crippen LogP contribution is 2.03. The molecule has 182 valence electrons. The van der Waals surface area contributed by atoms with Crippen LogP contribution in [-0.2, 0) is 24.0 Å². The number of carbonyl (C=O) groups is 5. The summed E-state index contributed by atoms with van der Waals surface area (Å²) in [6.45, 7) is 0.114. The number of nitrogens with two attached hydrogens (primary N) is 3. The van der Waals surface area contributed by atoms with Gasteiger partial charge in [0.15, 0.2) is 5.96 Å². The van der Waals surface area contributed by atoms with Crippen LogP contribution >= 0.6 is 25.3 Å². The third-order valence-electron chi connectivity index (χ3n) is 3.92. The van der Waals surface area contributed by atoms with Crippen molar-refractivity contribution in [3.05, 3.63) is 0 Å². The standard InChI is InChI=1S/C16H29N7O7S2/c17-7(5-31)12(26)23-10(6-32)14(28)21-8(2-1-3-20-16(18)19)13(27)22-9(15(29)30)4-11(24)25/h7-10,31-32H,1-6,17H2,(H,21,28)(H,22,27)(H,23,26)(H,24,25)(H,29,30)(H4,18,19,20). The number of carboxylic acid groups (broad SMARTS) is 2. The Morgan fingerprint density at radius 3 is 1.84 bits per heavy atom. The van der Waals surface area contributed by atoms with Crippen molar-refractivity contribution in [3.8, 4) is 0 Å². The highest BCUT2D eigenvalue weighted by molar-refractivity contribution is 7.80. The maximum absolute atomic E-state index is 12.6. The molecular weight excluding hydrogens is 466 g/mol. The predicted octanol–water partition coefficient (Wildman–Crippen LogP) is -3.76. The molecule has 0 aromatic heterocycles. The summed E-state index contributed by atoms with van der Waals surface area (Å²) in [6.07, 6.45) is -0.667. The lowest BCUT2D eigenvalue weighted by molar-refractivity contribution is -0.147. The highest BCUT2D eigenvalue weighted by Gasteiger charge is 2.30. The molecule has 4 unspecified atom stereocenters. The Morgan fingerprint density at radius 1 is 0.844 bits per heavy atom. The molecular formula is C16H29N7O7S2. The van der Waals surface area contributed by atoms with Gasteiger partial charge in [0.1, 0.15) is 18.1 Å². The van der Waals surface area contributed by atoms with E-state index < -0.39 is 60.2 Å². The number of nitrogens with one attached hydrogen (secondary N) is 3. The van der Waals surface area contributed by atoms with Crippen LogP contribution in [0.3, 0.4) is 0 Å². The van der Waals surface area contributed by atoms with E-state index in [1.807, 2.05) is 0 Å². The number of thiol groups is 2. The first-order valence-electron chi connectivity index (χ1n) is 9.31.